The number of hydrogen-bond acceptors (Lipinski definition) is 7. The van der Waals surface area contributed by atoms with Crippen molar-refractivity contribution in [2.24, 2.45) is 23.7 Å². The summed E-state index contributed by atoms with van der Waals surface area (Å²) in [5, 5.41) is 2.65. The Balaban J connectivity index is 1.38. The van der Waals surface area contributed by atoms with E-state index in [1.165, 1.54) is 14.2 Å². The number of ether oxygens (including phenoxy) is 4. The zero-order valence-corrected chi connectivity index (χ0v) is 16.9. The first kappa shape index (κ1) is 19.0. The molecule has 1 aromatic rings. The molecule has 3 aliphatic rings. The second-order valence-corrected chi connectivity index (χ2v) is 8.24. The fourth-order valence-corrected chi connectivity index (χ4v) is 5.67. The first-order valence-corrected chi connectivity index (χ1v) is 9.89. The van der Waals surface area contributed by atoms with E-state index in [1.807, 2.05) is 0 Å². The van der Waals surface area contributed by atoms with E-state index in [-0.39, 0.29) is 28.7 Å². The quantitative estimate of drug-likeness (QED) is 0.517. The van der Waals surface area contributed by atoms with Gasteiger partial charge in [-0.25, -0.2) is 0 Å². The lowest BCUT2D eigenvalue weighted by molar-refractivity contribution is -0.157. The van der Waals surface area contributed by atoms with Crippen molar-refractivity contribution in [1.29, 1.82) is 0 Å². The maximum absolute atomic E-state index is 12.6. The van der Waals surface area contributed by atoms with Crippen LogP contribution in [0.5, 0.6) is 11.5 Å². The van der Waals surface area contributed by atoms with Crippen LogP contribution in [-0.4, -0.2) is 49.6 Å². The van der Waals surface area contributed by atoms with Gasteiger partial charge >= 0.3 is 11.9 Å². The molecule has 1 aromatic carbocycles. The monoisotopic (exact) mass is 453 g/mol. The molecule has 9 heteroatoms. The number of esters is 2. The van der Waals surface area contributed by atoms with E-state index in [4.69, 9.17) is 18.9 Å². The summed E-state index contributed by atoms with van der Waals surface area (Å²) in [5.41, 5.74) is 0.408. The zero-order chi connectivity index (χ0) is 20.0. The van der Waals surface area contributed by atoms with Gasteiger partial charge in [0, 0.05) is 12.0 Å². The third-order valence-corrected chi connectivity index (χ3v) is 7.02. The fourth-order valence-electron chi connectivity index (χ4n) is 4.63. The van der Waals surface area contributed by atoms with E-state index in [0.717, 1.165) is 6.42 Å². The van der Waals surface area contributed by atoms with E-state index in [2.05, 4.69) is 21.2 Å². The number of amides is 1. The van der Waals surface area contributed by atoms with Gasteiger partial charge in [-0.05, 0) is 24.5 Å². The second kappa shape index (κ2) is 7.27. The zero-order valence-electron chi connectivity index (χ0n) is 15.3. The molecule has 6 atom stereocenters. The van der Waals surface area contributed by atoms with Crippen LogP contribution >= 0.6 is 15.9 Å². The van der Waals surface area contributed by atoms with Gasteiger partial charge in [0.1, 0.15) is 17.6 Å². The van der Waals surface area contributed by atoms with Crippen molar-refractivity contribution in [3.8, 4) is 11.5 Å². The summed E-state index contributed by atoms with van der Waals surface area (Å²) < 4.78 is 21.0. The van der Waals surface area contributed by atoms with E-state index >= 15 is 0 Å². The van der Waals surface area contributed by atoms with Gasteiger partial charge in [-0.15, -0.1) is 0 Å². The molecule has 2 saturated carbocycles. The van der Waals surface area contributed by atoms with Crippen molar-refractivity contribution in [1.82, 2.24) is 0 Å². The predicted molar refractivity (Wildman–Crippen MR) is 100 cm³/mol. The summed E-state index contributed by atoms with van der Waals surface area (Å²) in [6.07, 6.45) is 0.597. The van der Waals surface area contributed by atoms with Crippen molar-refractivity contribution in [3.63, 3.8) is 0 Å². The summed E-state index contributed by atoms with van der Waals surface area (Å²) in [6.45, 7) is -0.453. The van der Waals surface area contributed by atoms with Gasteiger partial charge in [-0.1, -0.05) is 15.9 Å². The molecule has 3 fully saturated rings. The smallest absolute Gasteiger partial charge is 0.310 e. The van der Waals surface area contributed by atoms with Crippen LogP contribution in [0.1, 0.15) is 6.42 Å². The molecule has 4 rings (SSSR count). The molecular formula is C19H20BrNO7. The number of carbonyl (C=O) groups excluding carboxylic acids is 3. The van der Waals surface area contributed by atoms with Crippen molar-refractivity contribution in [3.05, 3.63) is 18.2 Å². The highest BCUT2D eigenvalue weighted by molar-refractivity contribution is 9.09. The topological polar surface area (TPSA) is 100 Å². The van der Waals surface area contributed by atoms with Gasteiger partial charge in [-0.3, -0.25) is 14.4 Å². The summed E-state index contributed by atoms with van der Waals surface area (Å²) in [5.74, 6) is -1.38. The third-order valence-electron chi connectivity index (χ3n) is 5.82. The van der Waals surface area contributed by atoms with Gasteiger partial charge in [0.25, 0.3) is 5.91 Å². The number of alkyl halides is 1. The molecule has 0 unspecified atom stereocenters. The van der Waals surface area contributed by atoms with Crippen molar-refractivity contribution in [2.75, 3.05) is 26.1 Å². The van der Waals surface area contributed by atoms with Crippen molar-refractivity contribution >= 4 is 39.5 Å². The number of halogens is 1. The number of anilines is 1. The van der Waals surface area contributed by atoms with E-state index in [0.29, 0.717) is 17.2 Å². The molecule has 0 radical (unpaired) electrons. The number of hydrogen-bond donors (Lipinski definition) is 1. The standard InChI is InChI=1S/C19H20BrNO7/c1-25-8-3-4-12(26-2)11(5-8)21-13(22)7-27-18(23)14-9-6-10-15(14)19(24)28-17(10)16(9)20/h3-5,9-10,14-17H,6-7H2,1-2H3,(H,21,22)/t9-,10-,14-,15-,16-,17+/m1/s1. The molecule has 1 N–H and O–H groups in total. The van der Waals surface area contributed by atoms with Crippen LogP contribution in [0.25, 0.3) is 0 Å². The molecule has 28 heavy (non-hydrogen) atoms. The van der Waals surface area contributed by atoms with E-state index in [9.17, 15) is 14.4 Å². The number of rotatable bonds is 6. The minimum Gasteiger partial charge on any atom is -0.497 e. The SMILES string of the molecule is COc1ccc(OC)c(NC(=O)COC(=O)[C@@H]2[C@H]3C[C@H]4[C@H](OC(=O)[C@H]42)[C@@H]3Br)c1. The van der Waals surface area contributed by atoms with Crippen LogP contribution in [0.3, 0.4) is 0 Å². The Labute approximate surface area is 170 Å². The maximum Gasteiger partial charge on any atom is 0.310 e. The average Bonchev–Trinajstić information content (AvgIpc) is 3.30. The molecule has 1 aliphatic heterocycles. The van der Waals surface area contributed by atoms with Crippen LogP contribution in [0.15, 0.2) is 18.2 Å². The number of methoxy groups -OCH3 is 2. The highest BCUT2D eigenvalue weighted by Gasteiger charge is 2.68. The molecule has 1 heterocycles. The Morgan fingerprint density at radius 2 is 2.04 bits per heavy atom. The van der Waals surface area contributed by atoms with E-state index in [1.54, 1.807) is 18.2 Å². The van der Waals surface area contributed by atoms with Crippen molar-refractivity contribution < 1.29 is 33.3 Å². The van der Waals surface area contributed by atoms with Crippen LogP contribution in [0, 0.1) is 23.7 Å². The molecule has 0 aromatic heterocycles. The minimum absolute atomic E-state index is 0.0134. The Bertz CT molecular complexity index is 829. The lowest BCUT2D eigenvalue weighted by Crippen LogP contribution is -2.39. The predicted octanol–water partition coefficient (Wildman–Crippen LogP) is 1.76. The second-order valence-electron chi connectivity index (χ2n) is 7.18. The van der Waals surface area contributed by atoms with Gasteiger partial charge < -0.3 is 24.3 Å². The third kappa shape index (κ3) is 3.01. The van der Waals surface area contributed by atoms with Crippen LogP contribution in [0.4, 0.5) is 5.69 Å². The Morgan fingerprint density at radius 3 is 2.75 bits per heavy atom. The van der Waals surface area contributed by atoms with Crippen LogP contribution in [-0.2, 0) is 23.9 Å². The largest absolute Gasteiger partial charge is 0.497 e. The summed E-state index contributed by atoms with van der Waals surface area (Å²) in [4.78, 5) is 36.9. The lowest BCUT2D eigenvalue weighted by atomic mass is 9.80. The van der Waals surface area contributed by atoms with E-state index < -0.39 is 30.3 Å². The molecule has 8 nitrogen and oxygen atoms in total. The lowest BCUT2D eigenvalue weighted by Gasteiger charge is -2.26. The fraction of sp³-hybridized carbons (Fsp3) is 0.526. The minimum atomic E-state index is -0.570. The number of nitrogens with one attached hydrogen (secondary N) is 1. The number of fused-ring (bicyclic) bond motifs is 1. The van der Waals surface area contributed by atoms with Gasteiger partial charge in [0.15, 0.2) is 6.61 Å². The molecule has 1 amide bonds. The van der Waals surface area contributed by atoms with Gasteiger partial charge in [-0.2, -0.15) is 0 Å². The Morgan fingerprint density at radius 1 is 1.25 bits per heavy atom. The van der Waals surface area contributed by atoms with Crippen LogP contribution in [0.2, 0.25) is 0 Å². The first-order chi connectivity index (χ1) is 13.4. The maximum atomic E-state index is 12.6. The Kier molecular flexibility index (Phi) is 4.95. The highest BCUT2D eigenvalue weighted by Crippen LogP contribution is 2.60. The molecule has 2 bridgehead atoms. The first-order valence-electron chi connectivity index (χ1n) is 8.97. The summed E-state index contributed by atoms with van der Waals surface area (Å²) in [7, 11) is 3.00. The molecular weight excluding hydrogens is 434 g/mol. The highest BCUT2D eigenvalue weighted by atomic mass is 79.9. The summed E-state index contributed by atoms with van der Waals surface area (Å²) >= 11 is 3.55. The van der Waals surface area contributed by atoms with Crippen LogP contribution < -0.4 is 14.8 Å². The average molecular weight is 454 g/mol. The van der Waals surface area contributed by atoms with Crippen molar-refractivity contribution in [2.45, 2.75) is 17.4 Å². The summed E-state index contributed by atoms with van der Waals surface area (Å²) in [6, 6.07) is 4.97. The molecule has 0 spiro atoms. The molecule has 1 saturated heterocycles. The van der Waals surface area contributed by atoms with Gasteiger partial charge in [0.2, 0.25) is 0 Å². The molecule has 150 valence electrons. The molecule has 2 aliphatic carbocycles. The van der Waals surface area contributed by atoms with Gasteiger partial charge in [0.05, 0.1) is 36.6 Å². The Hall–Kier alpha value is -2.29. The normalized spacial score (nSPS) is 32.0. The number of benzene rings is 1. The number of carbonyl (C=O) groups is 3.